The SMILES string of the molecule is CCCN(Cc1nc2cc(Cl)ccc2c(=O)[nH]1)C(=O)C(C)Oc1cccc(C)c1. The largest absolute Gasteiger partial charge is 0.481 e. The lowest BCUT2D eigenvalue weighted by molar-refractivity contribution is -0.138. The Labute approximate surface area is 174 Å². The maximum atomic E-state index is 13.0. The maximum Gasteiger partial charge on any atom is 0.263 e. The van der Waals surface area contributed by atoms with Gasteiger partial charge in [0.2, 0.25) is 0 Å². The Hall–Kier alpha value is -2.86. The lowest BCUT2D eigenvalue weighted by Gasteiger charge is -2.25. The van der Waals surface area contributed by atoms with E-state index >= 15 is 0 Å². The van der Waals surface area contributed by atoms with Gasteiger partial charge in [-0.15, -0.1) is 0 Å². The van der Waals surface area contributed by atoms with E-state index in [0.717, 1.165) is 12.0 Å². The number of amides is 1. The van der Waals surface area contributed by atoms with Crippen LogP contribution in [0, 0.1) is 6.92 Å². The quantitative estimate of drug-likeness (QED) is 0.633. The minimum Gasteiger partial charge on any atom is -0.481 e. The van der Waals surface area contributed by atoms with Crippen molar-refractivity contribution < 1.29 is 9.53 Å². The van der Waals surface area contributed by atoms with Crippen molar-refractivity contribution in [2.45, 2.75) is 39.8 Å². The average molecular weight is 414 g/mol. The van der Waals surface area contributed by atoms with Crippen molar-refractivity contribution in [1.82, 2.24) is 14.9 Å². The Bertz CT molecular complexity index is 1080. The number of carbonyl (C=O) groups excluding carboxylic acids is 1. The molecule has 3 rings (SSSR count). The number of hydrogen-bond donors (Lipinski definition) is 1. The van der Waals surface area contributed by atoms with E-state index in [1.807, 2.05) is 38.1 Å². The van der Waals surface area contributed by atoms with Crippen LogP contribution in [0.1, 0.15) is 31.7 Å². The van der Waals surface area contributed by atoms with Gasteiger partial charge >= 0.3 is 0 Å². The van der Waals surface area contributed by atoms with Gasteiger partial charge in [0.05, 0.1) is 17.4 Å². The Kier molecular flexibility index (Phi) is 6.54. The lowest BCUT2D eigenvalue weighted by atomic mass is 10.2. The molecule has 1 unspecified atom stereocenters. The summed E-state index contributed by atoms with van der Waals surface area (Å²) in [4.78, 5) is 34.2. The Morgan fingerprint density at radius 3 is 2.79 bits per heavy atom. The zero-order chi connectivity index (χ0) is 21.0. The van der Waals surface area contributed by atoms with Crippen LogP contribution in [0.15, 0.2) is 47.3 Å². The number of rotatable bonds is 7. The second-order valence-electron chi connectivity index (χ2n) is 7.01. The molecular formula is C22H24ClN3O3. The molecule has 2 aromatic carbocycles. The number of H-pyrrole nitrogens is 1. The molecule has 1 N–H and O–H groups in total. The third kappa shape index (κ3) is 5.15. The van der Waals surface area contributed by atoms with E-state index in [1.54, 1.807) is 30.0 Å². The number of carbonyl (C=O) groups is 1. The Morgan fingerprint density at radius 1 is 1.28 bits per heavy atom. The first kappa shape index (κ1) is 20.9. The number of aromatic nitrogens is 2. The number of benzene rings is 2. The van der Waals surface area contributed by atoms with Crippen LogP contribution in [0.3, 0.4) is 0 Å². The molecule has 0 saturated carbocycles. The molecule has 0 fully saturated rings. The molecule has 29 heavy (non-hydrogen) atoms. The van der Waals surface area contributed by atoms with E-state index in [-0.39, 0.29) is 18.0 Å². The van der Waals surface area contributed by atoms with Gasteiger partial charge in [0.15, 0.2) is 6.10 Å². The highest BCUT2D eigenvalue weighted by atomic mass is 35.5. The van der Waals surface area contributed by atoms with Crippen molar-refractivity contribution in [3.8, 4) is 5.75 Å². The van der Waals surface area contributed by atoms with Crippen molar-refractivity contribution in [2.24, 2.45) is 0 Å². The van der Waals surface area contributed by atoms with Crippen LogP contribution in [-0.2, 0) is 11.3 Å². The fourth-order valence-corrected chi connectivity index (χ4v) is 3.32. The summed E-state index contributed by atoms with van der Waals surface area (Å²) < 4.78 is 5.83. The smallest absolute Gasteiger partial charge is 0.263 e. The number of fused-ring (bicyclic) bond motifs is 1. The van der Waals surface area contributed by atoms with Gasteiger partial charge in [0, 0.05) is 11.6 Å². The standard InChI is InChI=1S/C22H24ClN3O3/c1-4-10-26(22(28)15(3)29-17-7-5-6-14(2)11-17)13-20-24-19-12-16(23)8-9-18(19)21(27)25-20/h5-9,11-12,15H,4,10,13H2,1-3H3,(H,24,25,27). The van der Waals surface area contributed by atoms with Gasteiger partial charge in [-0.1, -0.05) is 30.7 Å². The molecule has 1 aromatic heterocycles. The molecule has 7 heteroatoms. The topological polar surface area (TPSA) is 75.3 Å². The summed E-state index contributed by atoms with van der Waals surface area (Å²) in [5.41, 5.74) is 1.31. The lowest BCUT2D eigenvalue weighted by Crippen LogP contribution is -2.41. The van der Waals surface area contributed by atoms with Crippen molar-refractivity contribution in [3.05, 3.63) is 69.2 Å². The summed E-state index contributed by atoms with van der Waals surface area (Å²) in [6.45, 7) is 6.40. The molecule has 1 amide bonds. The highest BCUT2D eigenvalue weighted by Crippen LogP contribution is 2.17. The molecule has 6 nitrogen and oxygen atoms in total. The molecule has 0 aliphatic heterocycles. The number of hydrogen-bond acceptors (Lipinski definition) is 4. The van der Waals surface area contributed by atoms with Crippen LogP contribution in [0.5, 0.6) is 5.75 Å². The van der Waals surface area contributed by atoms with E-state index in [4.69, 9.17) is 16.3 Å². The van der Waals surface area contributed by atoms with Gasteiger partial charge in [0.25, 0.3) is 11.5 Å². The van der Waals surface area contributed by atoms with E-state index < -0.39 is 6.10 Å². The zero-order valence-corrected chi connectivity index (χ0v) is 17.5. The molecule has 0 saturated heterocycles. The fraction of sp³-hybridized carbons (Fsp3) is 0.318. The highest BCUT2D eigenvalue weighted by Gasteiger charge is 2.23. The summed E-state index contributed by atoms with van der Waals surface area (Å²) in [6, 6.07) is 12.5. The summed E-state index contributed by atoms with van der Waals surface area (Å²) in [7, 11) is 0. The highest BCUT2D eigenvalue weighted by molar-refractivity contribution is 6.31. The predicted molar refractivity (Wildman–Crippen MR) is 114 cm³/mol. The summed E-state index contributed by atoms with van der Waals surface area (Å²) in [5.74, 6) is 0.894. The average Bonchev–Trinajstić information content (AvgIpc) is 2.66. The molecule has 152 valence electrons. The number of aryl methyl sites for hydroxylation is 1. The number of aromatic amines is 1. The molecule has 0 aliphatic carbocycles. The molecule has 0 aliphatic rings. The zero-order valence-electron chi connectivity index (χ0n) is 16.7. The van der Waals surface area contributed by atoms with Crippen molar-refractivity contribution in [3.63, 3.8) is 0 Å². The third-order valence-electron chi connectivity index (χ3n) is 4.51. The van der Waals surface area contributed by atoms with Gasteiger partial charge in [-0.2, -0.15) is 0 Å². The first-order chi connectivity index (χ1) is 13.9. The summed E-state index contributed by atoms with van der Waals surface area (Å²) in [6.07, 6.45) is 0.108. The third-order valence-corrected chi connectivity index (χ3v) is 4.75. The van der Waals surface area contributed by atoms with Gasteiger partial charge in [0.1, 0.15) is 11.6 Å². The maximum absolute atomic E-state index is 13.0. The normalized spacial score (nSPS) is 12.0. The van der Waals surface area contributed by atoms with Crippen LogP contribution in [0.4, 0.5) is 0 Å². The summed E-state index contributed by atoms with van der Waals surface area (Å²) >= 11 is 6.03. The summed E-state index contributed by atoms with van der Waals surface area (Å²) in [5, 5.41) is 0.964. The van der Waals surface area contributed by atoms with Crippen molar-refractivity contribution in [1.29, 1.82) is 0 Å². The van der Waals surface area contributed by atoms with Crippen LogP contribution >= 0.6 is 11.6 Å². The molecule has 0 spiro atoms. The molecular weight excluding hydrogens is 390 g/mol. The minimum atomic E-state index is -0.662. The second kappa shape index (κ2) is 9.09. The molecule has 1 heterocycles. The van der Waals surface area contributed by atoms with Crippen molar-refractivity contribution in [2.75, 3.05) is 6.54 Å². The second-order valence-corrected chi connectivity index (χ2v) is 7.45. The van der Waals surface area contributed by atoms with E-state index in [0.29, 0.717) is 34.0 Å². The fourth-order valence-electron chi connectivity index (χ4n) is 3.15. The van der Waals surface area contributed by atoms with Gasteiger partial charge in [-0.25, -0.2) is 4.98 Å². The van der Waals surface area contributed by atoms with Crippen LogP contribution in [0.25, 0.3) is 10.9 Å². The first-order valence-electron chi connectivity index (χ1n) is 9.58. The molecule has 3 aromatic rings. The van der Waals surface area contributed by atoms with E-state index in [1.165, 1.54) is 0 Å². The van der Waals surface area contributed by atoms with E-state index in [9.17, 15) is 9.59 Å². The molecule has 1 atom stereocenters. The van der Waals surface area contributed by atoms with Gasteiger partial charge < -0.3 is 14.6 Å². The molecule has 0 bridgehead atoms. The van der Waals surface area contributed by atoms with Crippen molar-refractivity contribution >= 4 is 28.4 Å². The number of nitrogens with zero attached hydrogens (tertiary/aromatic N) is 2. The van der Waals surface area contributed by atoms with Crippen LogP contribution < -0.4 is 10.3 Å². The first-order valence-corrected chi connectivity index (χ1v) is 9.95. The van der Waals surface area contributed by atoms with Gasteiger partial charge in [-0.3, -0.25) is 9.59 Å². The number of ether oxygens (including phenoxy) is 1. The molecule has 0 radical (unpaired) electrons. The Morgan fingerprint density at radius 2 is 2.07 bits per heavy atom. The Balaban J connectivity index is 1.81. The minimum absolute atomic E-state index is 0.165. The van der Waals surface area contributed by atoms with Crippen LogP contribution in [0.2, 0.25) is 5.02 Å². The number of halogens is 1. The monoisotopic (exact) mass is 413 g/mol. The number of nitrogens with one attached hydrogen (secondary N) is 1. The predicted octanol–water partition coefficient (Wildman–Crippen LogP) is 4.09. The van der Waals surface area contributed by atoms with Gasteiger partial charge in [-0.05, 0) is 56.2 Å². The van der Waals surface area contributed by atoms with E-state index in [2.05, 4.69) is 9.97 Å². The van der Waals surface area contributed by atoms with Crippen LogP contribution in [-0.4, -0.2) is 33.4 Å².